The smallest absolute Gasteiger partial charge is 0.417 e. The first-order chi connectivity index (χ1) is 25.3. The van der Waals surface area contributed by atoms with Crippen LogP contribution in [0.15, 0.2) is 66.9 Å². The number of alkyl halides is 3. The van der Waals surface area contributed by atoms with Crippen molar-refractivity contribution in [3.05, 3.63) is 111 Å². The minimum absolute atomic E-state index is 0.0515. The summed E-state index contributed by atoms with van der Waals surface area (Å²) in [5.74, 6) is -1.51. The lowest BCUT2D eigenvalue weighted by Crippen LogP contribution is -2.23. The summed E-state index contributed by atoms with van der Waals surface area (Å²) >= 11 is 0. The van der Waals surface area contributed by atoms with E-state index in [2.05, 4.69) is 15.2 Å². The number of amides is 1. The van der Waals surface area contributed by atoms with Crippen molar-refractivity contribution in [2.45, 2.75) is 52.1 Å². The Balaban J connectivity index is 1.23. The van der Waals surface area contributed by atoms with E-state index in [4.69, 9.17) is 4.74 Å². The van der Waals surface area contributed by atoms with Gasteiger partial charge in [-0.25, -0.2) is 0 Å². The summed E-state index contributed by atoms with van der Waals surface area (Å²) < 4.78 is 48.8. The summed E-state index contributed by atoms with van der Waals surface area (Å²) in [6.45, 7) is 6.71. The molecule has 4 aromatic rings. The Morgan fingerprint density at radius 3 is 2.30 bits per heavy atom. The molecule has 0 spiro atoms. The second kappa shape index (κ2) is 15.9. The normalized spacial score (nSPS) is 18.2. The van der Waals surface area contributed by atoms with E-state index in [9.17, 15) is 33.0 Å². The van der Waals surface area contributed by atoms with Gasteiger partial charge in [0.2, 0.25) is 0 Å². The number of hydrogen-bond donors (Lipinski definition) is 3. The van der Waals surface area contributed by atoms with Crippen LogP contribution in [0.2, 0.25) is 0 Å². The van der Waals surface area contributed by atoms with E-state index in [1.54, 1.807) is 18.3 Å². The maximum Gasteiger partial charge on any atom is 0.417 e. The Bertz CT molecular complexity index is 2030. The third-order valence-corrected chi connectivity index (χ3v) is 10.2. The molecule has 3 N–H and O–H groups in total. The number of aliphatic hydroxyl groups is 1. The van der Waals surface area contributed by atoms with Gasteiger partial charge in [-0.05, 0) is 103 Å². The van der Waals surface area contributed by atoms with Crippen LogP contribution in [0.5, 0.6) is 5.75 Å². The first-order valence-corrected chi connectivity index (χ1v) is 17.6. The van der Waals surface area contributed by atoms with Gasteiger partial charge in [-0.15, -0.1) is 0 Å². The van der Waals surface area contributed by atoms with Crippen LogP contribution >= 0.6 is 0 Å². The summed E-state index contributed by atoms with van der Waals surface area (Å²) in [4.78, 5) is 33.0. The van der Waals surface area contributed by atoms with Crippen LogP contribution in [0.25, 0.3) is 23.3 Å². The monoisotopic (exact) mass is 728 g/mol. The Kier molecular flexibility index (Phi) is 11.3. The zero-order chi connectivity index (χ0) is 37.9. The van der Waals surface area contributed by atoms with E-state index in [0.717, 1.165) is 52.4 Å². The molecule has 12 heteroatoms. The Labute approximate surface area is 306 Å². The van der Waals surface area contributed by atoms with Gasteiger partial charge < -0.3 is 20.3 Å². The van der Waals surface area contributed by atoms with Crippen LogP contribution in [0.3, 0.4) is 0 Å². The molecule has 3 aromatic carbocycles. The molecule has 1 amide bonds. The highest BCUT2D eigenvalue weighted by molar-refractivity contribution is 6.04. The van der Waals surface area contributed by atoms with E-state index in [1.807, 2.05) is 61.2 Å². The van der Waals surface area contributed by atoms with Crippen molar-refractivity contribution in [1.82, 2.24) is 14.8 Å². The molecule has 2 aliphatic heterocycles. The van der Waals surface area contributed by atoms with Crippen LogP contribution < -0.4 is 10.1 Å². The molecule has 0 radical (unpaired) electrons. The summed E-state index contributed by atoms with van der Waals surface area (Å²) in [5, 5.41) is 22.2. The number of aromatic nitrogens is 1. The number of ether oxygens (including phenoxy) is 1. The number of anilines is 1. The van der Waals surface area contributed by atoms with E-state index in [0.29, 0.717) is 43.1 Å². The van der Waals surface area contributed by atoms with Gasteiger partial charge >= 0.3 is 12.1 Å². The van der Waals surface area contributed by atoms with Gasteiger partial charge in [-0.2, -0.15) is 13.2 Å². The van der Waals surface area contributed by atoms with Crippen molar-refractivity contribution in [2.75, 3.05) is 38.6 Å². The third kappa shape index (κ3) is 8.78. The SMILES string of the molecule is COc1cc(/C=C/c2cccc(-c3cccc(NC(=O)c4cc(CN5CC[C@@H](O)C5)ccn4)c3C)c2C)c(C(F)(F)F)cc1CN1CC[C@@H](C(=O)O)C1. The Morgan fingerprint density at radius 2 is 1.62 bits per heavy atom. The molecule has 2 aliphatic rings. The zero-order valence-corrected chi connectivity index (χ0v) is 29.9. The van der Waals surface area contributed by atoms with E-state index < -0.39 is 23.6 Å². The molecule has 0 saturated carbocycles. The van der Waals surface area contributed by atoms with Gasteiger partial charge in [0.15, 0.2) is 0 Å². The average molecular weight is 729 g/mol. The standard InChI is InChI=1S/C41H43F3N4O5/c1-25-28(10-11-29-20-38(53-3)31(19-35(29)41(42,43)44)23-48-16-13-30(22-48)40(51)52)6-4-7-33(25)34-8-5-9-36(26(34)2)46-39(50)37-18-27(12-15-45-37)21-47-17-14-32(49)24-47/h4-12,15,18-20,30,32,49H,13-14,16-17,21-24H2,1-3H3,(H,46,50)(H,51,52)/b11-10+/t30-,32-/m1/s1. The third-order valence-electron chi connectivity index (χ3n) is 10.2. The minimum Gasteiger partial charge on any atom is -0.496 e. The van der Waals surface area contributed by atoms with Crippen molar-refractivity contribution in [3.63, 3.8) is 0 Å². The lowest BCUT2D eigenvalue weighted by molar-refractivity contribution is -0.141. The fourth-order valence-corrected chi connectivity index (χ4v) is 7.22. The van der Waals surface area contributed by atoms with Gasteiger partial charge in [0.05, 0.1) is 24.7 Å². The highest BCUT2D eigenvalue weighted by Crippen LogP contribution is 2.38. The summed E-state index contributed by atoms with van der Waals surface area (Å²) in [6, 6.07) is 17.3. The molecule has 0 aliphatic carbocycles. The first kappa shape index (κ1) is 37.7. The number of carbonyl (C=O) groups excluding carboxylic acids is 1. The lowest BCUT2D eigenvalue weighted by Gasteiger charge is -2.20. The van der Waals surface area contributed by atoms with Gasteiger partial charge in [0, 0.05) is 50.2 Å². The number of methoxy groups -OCH3 is 1. The number of rotatable bonds is 11. The molecular weight excluding hydrogens is 685 g/mol. The summed E-state index contributed by atoms with van der Waals surface area (Å²) in [7, 11) is 1.41. The molecule has 6 rings (SSSR count). The van der Waals surface area contributed by atoms with Gasteiger partial charge in [0.25, 0.3) is 5.91 Å². The van der Waals surface area contributed by atoms with Crippen LogP contribution in [0, 0.1) is 19.8 Å². The maximum atomic E-state index is 14.4. The second-order valence-electron chi connectivity index (χ2n) is 13.8. The number of carboxylic acids is 1. The number of likely N-dealkylation sites (tertiary alicyclic amines) is 2. The molecule has 9 nitrogen and oxygen atoms in total. The van der Waals surface area contributed by atoms with Crippen LogP contribution in [0.1, 0.15) is 62.3 Å². The van der Waals surface area contributed by atoms with Crippen molar-refractivity contribution in [3.8, 4) is 16.9 Å². The van der Waals surface area contributed by atoms with Gasteiger partial charge in [0.1, 0.15) is 11.4 Å². The van der Waals surface area contributed by atoms with E-state index in [1.165, 1.54) is 19.3 Å². The number of aliphatic hydroxyl groups excluding tert-OH is 1. The van der Waals surface area contributed by atoms with Crippen molar-refractivity contribution < 1.29 is 37.7 Å². The number of β-amino-alcohol motifs (C(OH)–C–C–N with tert-alkyl or cyclic N) is 1. The van der Waals surface area contributed by atoms with E-state index in [-0.39, 0.29) is 36.4 Å². The molecule has 2 fully saturated rings. The first-order valence-electron chi connectivity index (χ1n) is 17.6. The number of carbonyl (C=O) groups is 2. The fourth-order valence-electron chi connectivity index (χ4n) is 7.22. The molecule has 0 bridgehead atoms. The van der Waals surface area contributed by atoms with Gasteiger partial charge in [-0.3, -0.25) is 24.4 Å². The number of benzene rings is 3. The molecule has 2 atom stereocenters. The predicted molar refractivity (Wildman–Crippen MR) is 197 cm³/mol. The number of hydrogen-bond acceptors (Lipinski definition) is 7. The summed E-state index contributed by atoms with van der Waals surface area (Å²) in [5.41, 5.74) is 5.41. The topological polar surface area (TPSA) is 115 Å². The number of carboxylic acid groups (broad SMARTS) is 1. The zero-order valence-electron chi connectivity index (χ0n) is 29.9. The Hall–Kier alpha value is -5.04. The highest BCUT2D eigenvalue weighted by Gasteiger charge is 2.35. The highest BCUT2D eigenvalue weighted by atomic mass is 19.4. The van der Waals surface area contributed by atoms with Gasteiger partial charge in [-0.1, -0.05) is 42.5 Å². The second-order valence-corrected chi connectivity index (χ2v) is 13.8. The number of nitrogens with one attached hydrogen (secondary N) is 1. The van der Waals surface area contributed by atoms with Crippen LogP contribution in [0.4, 0.5) is 18.9 Å². The molecule has 53 heavy (non-hydrogen) atoms. The Morgan fingerprint density at radius 1 is 0.925 bits per heavy atom. The van der Waals surface area contributed by atoms with Crippen LogP contribution in [-0.2, 0) is 24.1 Å². The fraction of sp³-hybridized carbons (Fsp3) is 0.341. The molecule has 2 saturated heterocycles. The largest absolute Gasteiger partial charge is 0.496 e. The van der Waals surface area contributed by atoms with Crippen LogP contribution in [-0.4, -0.2) is 76.3 Å². The molecule has 278 valence electrons. The molecular formula is C41H43F3N4O5. The quantitative estimate of drug-likeness (QED) is 0.138. The minimum atomic E-state index is -4.64. The average Bonchev–Trinajstić information content (AvgIpc) is 3.77. The van der Waals surface area contributed by atoms with Crippen molar-refractivity contribution in [2.24, 2.45) is 5.92 Å². The summed E-state index contributed by atoms with van der Waals surface area (Å²) in [6.07, 6.45) is 0.910. The van der Waals surface area contributed by atoms with Crippen molar-refractivity contribution in [1.29, 1.82) is 0 Å². The number of halogens is 3. The maximum absolute atomic E-state index is 14.4. The molecule has 3 heterocycles. The van der Waals surface area contributed by atoms with E-state index >= 15 is 0 Å². The number of nitrogens with zero attached hydrogens (tertiary/aromatic N) is 3. The van der Waals surface area contributed by atoms with Crippen molar-refractivity contribution >= 4 is 29.7 Å². The predicted octanol–water partition coefficient (Wildman–Crippen LogP) is 7.29. The number of pyridine rings is 1. The number of aliphatic carboxylic acids is 1. The lowest BCUT2D eigenvalue weighted by atomic mass is 9.92. The molecule has 0 unspecified atom stereocenters. The molecule has 1 aromatic heterocycles.